The molecule has 1 heterocycles. The van der Waals surface area contributed by atoms with E-state index in [2.05, 4.69) is 60.2 Å². The first-order valence-corrected chi connectivity index (χ1v) is 14.8. The standard InChI is InChI=1S/C34H48NO/c1-2-3-4-5-6-7-8-9-10-11-12-13-14-15-19-26-33(36)34-32-25-21-20-24-31(32)27-28-35(34)29-30-22-17-16-18-23-30/h16-18,20-25,27-28H,2-15,19,26,29H2,1H3/q+1. The first-order valence-electron chi connectivity index (χ1n) is 14.8. The van der Waals surface area contributed by atoms with Gasteiger partial charge in [-0.3, -0.25) is 4.79 Å². The minimum atomic E-state index is 0.275. The summed E-state index contributed by atoms with van der Waals surface area (Å²) in [5.74, 6) is 0.275. The van der Waals surface area contributed by atoms with Crippen molar-refractivity contribution in [3.8, 4) is 0 Å². The van der Waals surface area contributed by atoms with Gasteiger partial charge in [-0.2, -0.15) is 4.57 Å². The van der Waals surface area contributed by atoms with Crippen LogP contribution in [0.15, 0.2) is 66.9 Å². The van der Waals surface area contributed by atoms with Crippen LogP contribution in [-0.4, -0.2) is 5.78 Å². The number of hydrogen-bond acceptors (Lipinski definition) is 1. The van der Waals surface area contributed by atoms with Gasteiger partial charge in [-0.15, -0.1) is 0 Å². The number of benzene rings is 2. The molecule has 36 heavy (non-hydrogen) atoms. The molecule has 0 aliphatic heterocycles. The fourth-order valence-corrected chi connectivity index (χ4v) is 5.26. The van der Waals surface area contributed by atoms with Crippen molar-refractivity contribution < 1.29 is 9.36 Å². The first kappa shape index (κ1) is 28.1. The van der Waals surface area contributed by atoms with Crippen LogP contribution in [-0.2, 0) is 6.54 Å². The average molecular weight is 487 g/mol. The van der Waals surface area contributed by atoms with Crippen molar-refractivity contribution in [3.05, 3.63) is 78.1 Å². The van der Waals surface area contributed by atoms with E-state index in [9.17, 15) is 4.79 Å². The topological polar surface area (TPSA) is 20.9 Å². The van der Waals surface area contributed by atoms with Crippen LogP contribution in [0.25, 0.3) is 10.8 Å². The summed E-state index contributed by atoms with van der Waals surface area (Å²) < 4.78 is 2.14. The number of aromatic nitrogens is 1. The SMILES string of the molecule is CCCCCCCCCCCCCCCCCC(=O)c1c2ccccc2cc[n+]1Cc1ccccc1. The second-order valence-corrected chi connectivity index (χ2v) is 10.5. The Hall–Kier alpha value is -2.48. The maximum atomic E-state index is 13.4. The highest BCUT2D eigenvalue weighted by Crippen LogP contribution is 2.19. The number of pyridine rings is 1. The van der Waals surface area contributed by atoms with Gasteiger partial charge in [0.25, 0.3) is 5.69 Å². The molecule has 0 atom stereocenters. The number of ketones is 1. The Labute approximate surface area is 220 Å². The molecule has 2 nitrogen and oxygen atoms in total. The van der Waals surface area contributed by atoms with Crippen LogP contribution in [0.4, 0.5) is 0 Å². The van der Waals surface area contributed by atoms with Crippen LogP contribution in [0.5, 0.6) is 0 Å². The van der Waals surface area contributed by atoms with E-state index in [-0.39, 0.29) is 5.78 Å². The second-order valence-electron chi connectivity index (χ2n) is 10.5. The second kappa shape index (κ2) is 17.1. The van der Waals surface area contributed by atoms with Crippen LogP contribution in [0.1, 0.15) is 126 Å². The lowest BCUT2D eigenvalue weighted by molar-refractivity contribution is -0.688. The molecule has 0 aliphatic carbocycles. The van der Waals surface area contributed by atoms with Gasteiger partial charge in [0.05, 0.1) is 5.39 Å². The van der Waals surface area contributed by atoms with Gasteiger partial charge in [0.15, 0.2) is 12.7 Å². The van der Waals surface area contributed by atoms with Crippen molar-refractivity contribution in [1.82, 2.24) is 0 Å². The number of rotatable bonds is 19. The molecule has 0 radical (unpaired) electrons. The zero-order valence-corrected chi connectivity index (χ0v) is 22.7. The van der Waals surface area contributed by atoms with Gasteiger partial charge in [-0.25, -0.2) is 0 Å². The molecule has 3 aromatic rings. The van der Waals surface area contributed by atoms with Gasteiger partial charge < -0.3 is 0 Å². The number of carbonyl (C=O) groups is 1. The molecule has 0 saturated heterocycles. The minimum absolute atomic E-state index is 0.275. The van der Waals surface area contributed by atoms with E-state index in [1.54, 1.807) is 0 Å². The maximum Gasteiger partial charge on any atom is 0.256 e. The molecule has 0 aliphatic rings. The van der Waals surface area contributed by atoms with E-state index >= 15 is 0 Å². The van der Waals surface area contributed by atoms with Crippen molar-refractivity contribution in [2.75, 3.05) is 0 Å². The van der Waals surface area contributed by atoms with E-state index in [1.807, 2.05) is 18.2 Å². The minimum Gasteiger partial charge on any atom is -0.287 e. The van der Waals surface area contributed by atoms with Crippen LogP contribution >= 0.6 is 0 Å². The smallest absolute Gasteiger partial charge is 0.256 e. The molecule has 2 heteroatoms. The lowest BCUT2D eigenvalue weighted by atomic mass is 10.0. The number of unbranched alkanes of at least 4 members (excludes halogenated alkanes) is 14. The monoisotopic (exact) mass is 486 g/mol. The summed E-state index contributed by atoms with van der Waals surface area (Å²) in [6.45, 7) is 3.01. The fourth-order valence-electron chi connectivity index (χ4n) is 5.26. The van der Waals surface area contributed by atoms with Crippen molar-refractivity contribution in [3.63, 3.8) is 0 Å². The molecule has 1 aromatic heterocycles. The number of Topliss-reactive ketones (excluding diaryl/α,β-unsaturated/α-hetero) is 1. The van der Waals surface area contributed by atoms with E-state index in [0.717, 1.165) is 35.9 Å². The molecule has 0 unspecified atom stereocenters. The highest BCUT2D eigenvalue weighted by atomic mass is 16.1. The summed E-state index contributed by atoms with van der Waals surface area (Å²) in [7, 11) is 0. The summed E-state index contributed by atoms with van der Waals surface area (Å²) in [5.41, 5.74) is 2.08. The van der Waals surface area contributed by atoms with E-state index < -0.39 is 0 Å². The zero-order valence-electron chi connectivity index (χ0n) is 22.7. The lowest BCUT2D eigenvalue weighted by Gasteiger charge is -2.08. The predicted octanol–water partition coefficient (Wildman–Crippen LogP) is 9.62. The quantitative estimate of drug-likeness (QED) is 0.0938. The van der Waals surface area contributed by atoms with Gasteiger partial charge in [0.2, 0.25) is 5.78 Å². The van der Waals surface area contributed by atoms with Crippen molar-refractivity contribution in [2.45, 2.75) is 116 Å². The van der Waals surface area contributed by atoms with Crippen molar-refractivity contribution in [1.29, 1.82) is 0 Å². The number of hydrogen-bond donors (Lipinski definition) is 0. The average Bonchev–Trinajstić information content (AvgIpc) is 2.91. The van der Waals surface area contributed by atoms with Gasteiger partial charge in [0, 0.05) is 18.1 Å². The Morgan fingerprint density at radius 1 is 0.611 bits per heavy atom. The summed E-state index contributed by atoms with van der Waals surface area (Å²) in [5, 5.41) is 2.21. The first-order chi connectivity index (χ1) is 17.8. The third-order valence-corrected chi connectivity index (χ3v) is 7.40. The molecule has 194 valence electrons. The summed E-state index contributed by atoms with van der Waals surface area (Å²) in [6.07, 6.45) is 22.9. The fraction of sp³-hybridized carbons (Fsp3) is 0.529. The lowest BCUT2D eigenvalue weighted by Crippen LogP contribution is -2.41. The van der Waals surface area contributed by atoms with Gasteiger partial charge in [0.1, 0.15) is 0 Å². The molecule has 0 bridgehead atoms. The zero-order chi connectivity index (χ0) is 25.3. The molecule has 0 saturated carbocycles. The predicted molar refractivity (Wildman–Crippen MR) is 154 cm³/mol. The van der Waals surface area contributed by atoms with Crippen LogP contribution in [0.2, 0.25) is 0 Å². The molecular formula is C34H48NO+. The Kier molecular flexibility index (Phi) is 13.3. The molecule has 0 amide bonds. The normalized spacial score (nSPS) is 11.2. The summed E-state index contributed by atoms with van der Waals surface area (Å²) in [4.78, 5) is 13.4. The molecule has 0 fully saturated rings. The highest BCUT2D eigenvalue weighted by Gasteiger charge is 2.22. The molecule has 2 aromatic carbocycles. The largest absolute Gasteiger partial charge is 0.287 e. The van der Waals surface area contributed by atoms with Gasteiger partial charge in [-0.05, 0) is 17.9 Å². The van der Waals surface area contributed by atoms with Crippen LogP contribution in [0, 0.1) is 0 Å². The Bertz CT molecular complexity index is 1010. The number of fused-ring (bicyclic) bond motifs is 1. The molecule has 0 spiro atoms. The summed E-state index contributed by atoms with van der Waals surface area (Å²) >= 11 is 0. The van der Waals surface area contributed by atoms with E-state index in [4.69, 9.17) is 0 Å². The third-order valence-electron chi connectivity index (χ3n) is 7.40. The Morgan fingerprint density at radius 2 is 1.14 bits per heavy atom. The van der Waals surface area contributed by atoms with Crippen LogP contribution < -0.4 is 4.57 Å². The highest BCUT2D eigenvalue weighted by molar-refractivity contribution is 6.04. The Morgan fingerprint density at radius 3 is 1.75 bits per heavy atom. The van der Waals surface area contributed by atoms with E-state index in [1.165, 1.54) is 89.0 Å². The van der Waals surface area contributed by atoms with Crippen molar-refractivity contribution >= 4 is 16.6 Å². The molecular weight excluding hydrogens is 438 g/mol. The summed E-state index contributed by atoms with van der Waals surface area (Å²) in [6, 6.07) is 20.8. The van der Waals surface area contributed by atoms with Crippen LogP contribution in [0.3, 0.4) is 0 Å². The van der Waals surface area contributed by atoms with Crippen molar-refractivity contribution in [2.24, 2.45) is 0 Å². The Balaban J connectivity index is 1.35. The van der Waals surface area contributed by atoms with Gasteiger partial charge >= 0.3 is 0 Å². The number of nitrogens with zero attached hydrogens (tertiary/aromatic N) is 1. The number of carbonyl (C=O) groups excluding carboxylic acids is 1. The maximum absolute atomic E-state index is 13.4. The van der Waals surface area contributed by atoms with Gasteiger partial charge in [-0.1, -0.05) is 145 Å². The molecule has 3 rings (SSSR count). The van der Waals surface area contributed by atoms with E-state index in [0.29, 0.717) is 6.42 Å². The third kappa shape index (κ3) is 9.88. The molecule has 0 N–H and O–H groups in total.